The van der Waals surface area contributed by atoms with Gasteiger partial charge in [0.1, 0.15) is 16.5 Å². The second kappa shape index (κ2) is 5.56. The van der Waals surface area contributed by atoms with Crippen LogP contribution in [0.3, 0.4) is 0 Å². The number of amides is 1. The Kier molecular flexibility index (Phi) is 3.69. The highest BCUT2D eigenvalue weighted by Gasteiger charge is 2.50. The number of carbonyl (C=O) groups is 1. The number of benzene rings is 1. The van der Waals surface area contributed by atoms with Gasteiger partial charge in [-0.05, 0) is 30.9 Å². The maximum atomic E-state index is 14.6. The zero-order chi connectivity index (χ0) is 17.9. The van der Waals surface area contributed by atoms with E-state index in [-0.39, 0.29) is 23.1 Å². The molecule has 0 radical (unpaired) electrons. The number of fused-ring (bicyclic) bond motifs is 2. The van der Waals surface area contributed by atoms with Crippen molar-refractivity contribution in [1.29, 1.82) is 0 Å². The summed E-state index contributed by atoms with van der Waals surface area (Å²) in [5, 5.41) is 4.74. The molecule has 1 aliphatic carbocycles. The number of aromatic nitrogens is 2. The summed E-state index contributed by atoms with van der Waals surface area (Å²) in [4.78, 5) is 15.1. The Balaban J connectivity index is 1.83. The molecular formula is C19H21ClFN3O. The summed E-state index contributed by atoms with van der Waals surface area (Å²) in [5.74, 6) is -0.323. The van der Waals surface area contributed by atoms with Crippen molar-refractivity contribution in [2.75, 3.05) is 11.4 Å². The Morgan fingerprint density at radius 3 is 2.68 bits per heavy atom. The Morgan fingerprint density at radius 1 is 1.36 bits per heavy atom. The van der Waals surface area contributed by atoms with Crippen molar-refractivity contribution in [3.63, 3.8) is 0 Å². The maximum absolute atomic E-state index is 14.6. The van der Waals surface area contributed by atoms with Gasteiger partial charge in [0.2, 0.25) is 0 Å². The summed E-state index contributed by atoms with van der Waals surface area (Å²) >= 11 is 6.39. The average molecular weight is 362 g/mol. The molecule has 1 fully saturated rings. The van der Waals surface area contributed by atoms with E-state index in [4.69, 9.17) is 11.6 Å². The van der Waals surface area contributed by atoms with Gasteiger partial charge in [0.15, 0.2) is 0 Å². The third kappa shape index (κ3) is 2.25. The van der Waals surface area contributed by atoms with E-state index in [0.29, 0.717) is 34.2 Å². The molecule has 1 spiro atoms. The number of carbonyl (C=O) groups excluding carboxylic acids is 1. The molecule has 1 aromatic carbocycles. The van der Waals surface area contributed by atoms with Crippen LogP contribution in [0.1, 0.15) is 60.6 Å². The molecule has 0 atom stereocenters. The van der Waals surface area contributed by atoms with Crippen LogP contribution >= 0.6 is 11.6 Å². The molecular weight excluding hydrogens is 341 g/mol. The van der Waals surface area contributed by atoms with E-state index >= 15 is 0 Å². The lowest BCUT2D eigenvalue weighted by Gasteiger charge is -2.39. The first kappa shape index (κ1) is 16.6. The number of anilines is 1. The Bertz CT molecular complexity index is 870. The molecule has 0 saturated heterocycles. The van der Waals surface area contributed by atoms with E-state index in [9.17, 15) is 9.18 Å². The summed E-state index contributed by atoms with van der Waals surface area (Å²) < 4.78 is 16.1. The van der Waals surface area contributed by atoms with Gasteiger partial charge in [-0.3, -0.25) is 9.48 Å². The standard InChI is InChI=1S/C19H21ClFN3O/c1-11(2)16-14(17(20)23(3)22-16)18(25)24-10-19(8-5-9-19)15-12(21)6-4-7-13(15)24/h4,6-7,11H,5,8-10H2,1-3H3. The lowest BCUT2D eigenvalue weighted by molar-refractivity contribution is 0.0977. The number of halogens is 2. The van der Waals surface area contributed by atoms with E-state index in [0.717, 1.165) is 19.3 Å². The molecule has 1 amide bonds. The first-order valence-electron chi connectivity index (χ1n) is 8.69. The monoisotopic (exact) mass is 361 g/mol. The molecule has 0 N–H and O–H groups in total. The van der Waals surface area contributed by atoms with Crippen molar-refractivity contribution in [3.8, 4) is 0 Å². The first-order valence-corrected chi connectivity index (χ1v) is 9.07. The molecule has 1 aromatic heterocycles. The molecule has 2 aromatic rings. The van der Waals surface area contributed by atoms with E-state index < -0.39 is 0 Å². The zero-order valence-electron chi connectivity index (χ0n) is 14.6. The van der Waals surface area contributed by atoms with Gasteiger partial charge in [-0.25, -0.2) is 4.39 Å². The third-order valence-corrected chi connectivity index (χ3v) is 6.03. The van der Waals surface area contributed by atoms with Crippen LogP contribution in [-0.2, 0) is 12.5 Å². The van der Waals surface area contributed by atoms with E-state index in [1.807, 2.05) is 19.9 Å². The van der Waals surface area contributed by atoms with Crippen LogP contribution in [0.5, 0.6) is 0 Å². The highest BCUT2D eigenvalue weighted by atomic mass is 35.5. The second-order valence-electron chi connectivity index (χ2n) is 7.49. The van der Waals surface area contributed by atoms with Crippen LogP contribution in [0.4, 0.5) is 10.1 Å². The fourth-order valence-corrected chi connectivity index (χ4v) is 4.40. The molecule has 1 saturated carbocycles. The maximum Gasteiger partial charge on any atom is 0.263 e. The van der Waals surface area contributed by atoms with Gasteiger partial charge in [-0.1, -0.05) is 37.9 Å². The van der Waals surface area contributed by atoms with Gasteiger partial charge in [0, 0.05) is 24.6 Å². The minimum Gasteiger partial charge on any atom is -0.307 e. The van der Waals surface area contributed by atoms with E-state index in [2.05, 4.69) is 5.10 Å². The molecule has 4 rings (SSSR count). The SMILES string of the molecule is CC(C)c1nn(C)c(Cl)c1C(=O)N1CC2(CCC2)c2c(F)cccc21. The van der Waals surface area contributed by atoms with Crippen LogP contribution < -0.4 is 4.90 Å². The van der Waals surface area contributed by atoms with Crippen LogP contribution in [0, 0.1) is 5.82 Å². The van der Waals surface area contributed by atoms with E-state index in [1.165, 1.54) is 10.7 Å². The fourth-order valence-electron chi connectivity index (χ4n) is 4.18. The first-order chi connectivity index (χ1) is 11.9. The van der Waals surface area contributed by atoms with Crippen molar-refractivity contribution in [2.45, 2.75) is 44.4 Å². The van der Waals surface area contributed by atoms with Crippen LogP contribution in [0.2, 0.25) is 5.15 Å². The van der Waals surface area contributed by atoms with Crippen LogP contribution in [0.25, 0.3) is 0 Å². The fraction of sp³-hybridized carbons (Fsp3) is 0.474. The normalized spacial score (nSPS) is 17.9. The Hall–Kier alpha value is -1.88. The van der Waals surface area contributed by atoms with Crippen molar-refractivity contribution in [1.82, 2.24) is 9.78 Å². The number of rotatable bonds is 2. The molecule has 4 nitrogen and oxygen atoms in total. The molecule has 132 valence electrons. The van der Waals surface area contributed by atoms with Gasteiger partial charge in [0.05, 0.1) is 11.4 Å². The minimum atomic E-state index is -0.233. The number of hydrogen-bond acceptors (Lipinski definition) is 2. The predicted molar refractivity (Wildman–Crippen MR) is 95.9 cm³/mol. The smallest absolute Gasteiger partial charge is 0.263 e. The van der Waals surface area contributed by atoms with E-state index in [1.54, 1.807) is 18.0 Å². The van der Waals surface area contributed by atoms with Gasteiger partial charge >= 0.3 is 0 Å². The average Bonchev–Trinajstić information content (AvgIpc) is 3.04. The molecule has 25 heavy (non-hydrogen) atoms. The van der Waals surface area contributed by atoms with Gasteiger partial charge in [0.25, 0.3) is 5.91 Å². The quantitative estimate of drug-likeness (QED) is 0.794. The second-order valence-corrected chi connectivity index (χ2v) is 7.85. The van der Waals surface area contributed by atoms with Crippen molar-refractivity contribution in [2.24, 2.45) is 7.05 Å². The zero-order valence-corrected chi connectivity index (χ0v) is 15.4. The molecule has 0 unspecified atom stereocenters. The summed E-state index contributed by atoms with van der Waals surface area (Å²) in [6.07, 6.45) is 2.91. The molecule has 2 heterocycles. The van der Waals surface area contributed by atoms with Crippen molar-refractivity contribution < 1.29 is 9.18 Å². The number of hydrogen-bond donors (Lipinski definition) is 0. The third-order valence-electron chi connectivity index (χ3n) is 5.59. The highest BCUT2D eigenvalue weighted by Crippen LogP contribution is 2.53. The van der Waals surface area contributed by atoms with Crippen LogP contribution in [-0.4, -0.2) is 22.2 Å². The van der Waals surface area contributed by atoms with Gasteiger partial charge < -0.3 is 4.90 Å². The molecule has 0 bridgehead atoms. The topological polar surface area (TPSA) is 38.1 Å². The Labute approximate surface area is 151 Å². The van der Waals surface area contributed by atoms with Gasteiger partial charge in [-0.15, -0.1) is 0 Å². The summed E-state index contributed by atoms with van der Waals surface area (Å²) in [5.41, 5.74) is 2.26. The molecule has 1 aliphatic heterocycles. The molecule has 2 aliphatic rings. The largest absolute Gasteiger partial charge is 0.307 e. The summed E-state index contributed by atoms with van der Waals surface area (Å²) in [6, 6.07) is 4.99. The van der Waals surface area contributed by atoms with Crippen molar-refractivity contribution >= 4 is 23.2 Å². The lowest BCUT2D eigenvalue weighted by atomic mass is 9.65. The highest BCUT2D eigenvalue weighted by molar-refractivity contribution is 6.34. The minimum absolute atomic E-state index is 0.0740. The van der Waals surface area contributed by atoms with Crippen LogP contribution in [0.15, 0.2) is 18.2 Å². The lowest BCUT2D eigenvalue weighted by Crippen LogP contribution is -2.42. The number of aryl methyl sites for hydroxylation is 1. The number of nitrogens with zero attached hydrogens (tertiary/aromatic N) is 3. The predicted octanol–water partition coefficient (Wildman–Crippen LogP) is 4.42. The van der Waals surface area contributed by atoms with Gasteiger partial charge in [-0.2, -0.15) is 5.10 Å². The summed E-state index contributed by atoms with van der Waals surface area (Å²) in [6.45, 7) is 4.49. The summed E-state index contributed by atoms with van der Waals surface area (Å²) in [7, 11) is 1.73. The Morgan fingerprint density at radius 2 is 2.08 bits per heavy atom. The van der Waals surface area contributed by atoms with Crippen molar-refractivity contribution in [3.05, 3.63) is 46.0 Å². The molecule has 6 heteroatoms.